The molecule has 0 amide bonds. The summed E-state index contributed by atoms with van der Waals surface area (Å²) in [5.74, 6) is -0.243. The third kappa shape index (κ3) is 9.26. The van der Waals surface area contributed by atoms with E-state index in [-0.39, 0.29) is 5.25 Å². The van der Waals surface area contributed by atoms with E-state index in [1.54, 1.807) is 37.7 Å². The molecular formula is C38H37Cl2NO4S. The highest BCUT2D eigenvalue weighted by Gasteiger charge is 2.24. The molecule has 2 atom stereocenters. The molecule has 8 heteroatoms. The summed E-state index contributed by atoms with van der Waals surface area (Å²) in [7, 11) is 0. The van der Waals surface area contributed by atoms with E-state index in [0.717, 1.165) is 51.7 Å². The summed E-state index contributed by atoms with van der Waals surface area (Å²) in [6, 6.07) is 32.9. The first-order chi connectivity index (χ1) is 22.0. The fourth-order valence-electron chi connectivity index (χ4n) is 5.50. The Balaban J connectivity index is 1.35. The van der Waals surface area contributed by atoms with E-state index >= 15 is 0 Å². The second-order valence-electron chi connectivity index (χ2n) is 11.9. The van der Waals surface area contributed by atoms with E-state index in [1.807, 2.05) is 78.9 Å². The van der Waals surface area contributed by atoms with E-state index in [4.69, 9.17) is 32.9 Å². The molecule has 0 radical (unpaired) electrons. The fourth-order valence-corrected chi connectivity index (χ4v) is 7.14. The predicted octanol–water partition coefficient (Wildman–Crippen LogP) is 9.70. The van der Waals surface area contributed by atoms with Crippen LogP contribution in [0, 0.1) is 5.92 Å². The number of ether oxygens (including phenoxy) is 1. The van der Waals surface area contributed by atoms with Gasteiger partial charge in [0.25, 0.3) is 0 Å². The largest absolute Gasteiger partial charge is 0.487 e. The van der Waals surface area contributed by atoms with Crippen LogP contribution >= 0.6 is 35.0 Å². The van der Waals surface area contributed by atoms with Crippen LogP contribution in [0.25, 0.3) is 10.9 Å². The van der Waals surface area contributed by atoms with Crippen molar-refractivity contribution in [1.29, 1.82) is 0 Å². The van der Waals surface area contributed by atoms with Gasteiger partial charge in [-0.25, -0.2) is 4.98 Å². The van der Waals surface area contributed by atoms with E-state index < -0.39 is 17.5 Å². The summed E-state index contributed by atoms with van der Waals surface area (Å²) in [4.78, 5) is 17.0. The fraction of sp³-hybridized carbons (Fsp3) is 0.263. The van der Waals surface area contributed by atoms with Crippen molar-refractivity contribution in [3.63, 3.8) is 0 Å². The Morgan fingerprint density at radius 3 is 2.41 bits per heavy atom. The van der Waals surface area contributed by atoms with Crippen molar-refractivity contribution >= 4 is 51.8 Å². The molecule has 0 spiro atoms. The molecule has 0 aliphatic rings. The summed E-state index contributed by atoms with van der Waals surface area (Å²) in [6.45, 7) is 3.89. The normalized spacial score (nSPS) is 13.0. The third-order valence-electron chi connectivity index (χ3n) is 7.92. The maximum atomic E-state index is 12.3. The number of benzene rings is 4. The van der Waals surface area contributed by atoms with E-state index in [1.165, 1.54) is 0 Å². The summed E-state index contributed by atoms with van der Waals surface area (Å²) >= 11 is 13.9. The number of hydrogen-bond acceptors (Lipinski definition) is 5. The molecule has 1 unspecified atom stereocenters. The summed E-state index contributed by atoms with van der Waals surface area (Å²) in [5, 5.41) is 23.2. The molecule has 0 saturated heterocycles. The van der Waals surface area contributed by atoms with Gasteiger partial charge in [-0.3, -0.25) is 4.79 Å². The first-order valence-electron chi connectivity index (χ1n) is 15.2. The number of aryl methyl sites for hydroxylation is 1. The molecule has 2 N–H and O–H groups in total. The highest BCUT2D eigenvalue weighted by atomic mass is 35.5. The molecule has 46 heavy (non-hydrogen) atoms. The number of rotatable bonds is 14. The Hall–Kier alpha value is -3.55. The lowest BCUT2D eigenvalue weighted by Crippen LogP contribution is -2.20. The third-order valence-corrected chi connectivity index (χ3v) is 9.92. The van der Waals surface area contributed by atoms with Crippen LogP contribution in [0.1, 0.15) is 53.5 Å². The number of aliphatic hydroxyl groups is 1. The van der Waals surface area contributed by atoms with Gasteiger partial charge in [0, 0.05) is 26.4 Å². The number of carboxylic acids is 1. The molecule has 1 heterocycles. The first kappa shape index (κ1) is 33.8. The molecule has 5 nitrogen and oxygen atoms in total. The van der Waals surface area contributed by atoms with Crippen LogP contribution in [0.15, 0.2) is 103 Å². The number of hydrogen-bond donors (Lipinski definition) is 2. The molecule has 0 saturated carbocycles. The number of thioether (sulfide) groups is 1. The van der Waals surface area contributed by atoms with Crippen molar-refractivity contribution in [1.82, 2.24) is 4.98 Å². The molecule has 5 aromatic rings. The van der Waals surface area contributed by atoms with Crippen LogP contribution in [-0.4, -0.2) is 26.9 Å². The number of carboxylic acid groups (broad SMARTS) is 1. The number of halogens is 2. The number of nitrogens with zero attached hydrogens (tertiary/aromatic N) is 1. The molecule has 238 valence electrons. The minimum Gasteiger partial charge on any atom is -0.487 e. The van der Waals surface area contributed by atoms with Gasteiger partial charge >= 0.3 is 5.97 Å². The van der Waals surface area contributed by atoms with Gasteiger partial charge < -0.3 is 14.9 Å². The lowest BCUT2D eigenvalue weighted by Gasteiger charge is -2.24. The van der Waals surface area contributed by atoms with Crippen LogP contribution in [0.4, 0.5) is 0 Å². The smallest absolute Gasteiger partial charge is 0.307 e. The Morgan fingerprint density at radius 1 is 0.913 bits per heavy atom. The van der Waals surface area contributed by atoms with Gasteiger partial charge in [0.05, 0.1) is 22.7 Å². The lowest BCUT2D eigenvalue weighted by molar-refractivity contribution is -0.140. The van der Waals surface area contributed by atoms with Crippen molar-refractivity contribution in [2.75, 3.05) is 5.75 Å². The number of aliphatic carboxylic acids is 1. The van der Waals surface area contributed by atoms with E-state index in [9.17, 15) is 15.0 Å². The number of fused-ring (bicyclic) bond motifs is 1. The maximum Gasteiger partial charge on any atom is 0.307 e. The predicted molar refractivity (Wildman–Crippen MR) is 189 cm³/mol. The summed E-state index contributed by atoms with van der Waals surface area (Å²) in [6.07, 6.45) is 1.89. The monoisotopic (exact) mass is 673 g/mol. The van der Waals surface area contributed by atoms with Gasteiger partial charge in [0.2, 0.25) is 0 Å². The number of pyridine rings is 1. The quantitative estimate of drug-likeness (QED) is 0.122. The molecular weight excluding hydrogens is 637 g/mol. The lowest BCUT2D eigenvalue weighted by atomic mass is 9.90. The van der Waals surface area contributed by atoms with Gasteiger partial charge in [-0.2, -0.15) is 11.8 Å². The van der Waals surface area contributed by atoms with Crippen LogP contribution in [0.2, 0.25) is 10.0 Å². The van der Waals surface area contributed by atoms with Gasteiger partial charge in [-0.1, -0.05) is 83.9 Å². The second-order valence-corrected chi connectivity index (χ2v) is 14.1. The Kier molecular flexibility index (Phi) is 11.3. The van der Waals surface area contributed by atoms with Gasteiger partial charge in [0.1, 0.15) is 12.4 Å². The van der Waals surface area contributed by atoms with Gasteiger partial charge in [-0.15, -0.1) is 0 Å². The van der Waals surface area contributed by atoms with Crippen molar-refractivity contribution in [2.45, 2.75) is 50.6 Å². The standard InChI is InChI=1S/C38H37Cl2NO4S/c1-38(2,44)34-9-4-3-6-26(34)14-19-36(46-24-29(37(42)43)20-25-10-15-30(39)16-11-25)28-7-5-8-33(21-28)45-23-32-18-13-27-12-17-31(40)22-35(27)41-32/h3-13,15-18,21-22,29,36,44H,14,19-20,23-24H2,1-2H3,(H,42,43)/t29?,36-/m0/s1. The average Bonchev–Trinajstić information content (AvgIpc) is 3.03. The Labute approximate surface area is 284 Å². The molecule has 0 aliphatic carbocycles. The zero-order valence-electron chi connectivity index (χ0n) is 25.8. The molecule has 5 rings (SSSR count). The summed E-state index contributed by atoms with van der Waals surface area (Å²) in [5.41, 5.74) is 4.60. The maximum absolute atomic E-state index is 12.3. The van der Waals surface area contributed by atoms with Crippen molar-refractivity contribution in [2.24, 2.45) is 5.92 Å². The zero-order chi connectivity index (χ0) is 32.7. The molecule has 0 bridgehead atoms. The van der Waals surface area contributed by atoms with Crippen LogP contribution in [0.3, 0.4) is 0 Å². The molecule has 0 aliphatic heterocycles. The molecule has 0 fully saturated rings. The topological polar surface area (TPSA) is 79.7 Å². The SMILES string of the molecule is CC(C)(O)c1ccccc1CC[C@H](SCC(Cc1ccc(Cl)cc1)C(=O)O)c1cccc(OCc2ccc3ccc(Cl)cc3n2)c1. The van der Waals surface area contributed by atoms with E-state index in [0.29, 0.717) is 34.6 Å². The van der Waals surface area contributed by atoms with Gasteiger partial charge in [0.15, 0.2) is 0 Å². The van der Waals surface area contributed by atoms with Crippen LogP contribution in [0.5, 0.6) is 5.75 Å². The number of carbonyl (C=O) groups is 1. The zero-order valence-corrected chi connectivity index (χ0v) is 28.2. The minimum atomic E-state index is -0.970. The van der Waals surface area contributed by atoms with Crippen molar-refractivity contribution in [3.05, 3.63) is 141 Å². The van der Waals surface area contributed by atoms with Crippen LogP contribution < -0.4 is 4.74 Å². The second kappa shape index (κ2) is 15.4. The van der Waals surface area contributed by atoms with E-state index in [2.05, 4.69) is 12.1 Å². The molecule has 1 aromatic heterocycles. The first-order valence-corrected chi connectivity index (χ1v) is 17.0. The highest BCUT2D eigenvalue weighted by Crippen LogP contribution is 2.38. The minimum absolute atomic E-state index is 0.00795. The average molecular weight is 675 g/mol. The molecule has 4 aromatic carbocycles. The highest BCUT2D eigenvalue weighted by molar-refractivity contribution is 7.99. The Bertz CT molecular complexity index is 1790. The van der Waals surface area contributed by atoms with Crippen LogP contribution in [-0.2, 0) is 29.8 Å². The summed E-state index contributed by atoms with van der Waals surface area (Å²) < 4.78 is 6.20. The Morgan fingerprint density at radius 2 is 1.65 bits per heavy atom. The van der Waals surface area contributed by atoms with Gasteiger partial charge in [-0.05, 0) is 97.8 Å². The number of aromatic nitrogens is 1. The van der Waals surface area contributed by atoms with Crippen molar-refractivity contribution < 1.29 is 19.7 Å². The van der Waals surface area contributed by atoms with Crippen molar-refractivity contribution in [3.8, 4) is 5.75 Å².